The summed E-state index contributed by atoms with van der Waals surface area (Å²) in [6.45, 7) is 2.63. The third-order valence-corrected chi connectivity index (χ3v) is 4.83. The molecular formula is C22H22F4N2O2. The number of hydrogen-bond donors (Lipinski definition) is 1. The molecule has 2 aromatic carbocycles. The largest absolute Gasteiger partial charge is 0.416 e. The number of carbonyl (C=O) groups excluding carboxylic acids is 1. The first-order valence-electron chi connectivity index (χ1n) is 9.53. The van der Waals surface area contributed by atoms with Crippen molar-refractivity contribution in [3.63, 3.8) is 0 Å². The predicted molar refractivity (Wildman–Crippen MR) is 105 cm³/mol. The van der Waals surface area contributed by atoms with Crippen molar-refractivity contribution in [2.45, 2.75) is 12.2 Å². The molecule has 0 aliphatic carbocycles. The van der Waals surface area contributed by atoms with Gasteiger partial charge in [0.1, 0.15) is 5.82 Å². The first-order valence-corrected chi connectivity index (χ1v) is 9.53. The van der Waals surface area contributed by atoms with Gasteiger partial charge < -0.3 is 10.1 Å². The highest BCUT2D eigenvalue weighted by Crippen LogP contribution is 2.29. The van der Waals surface area contributed by atoms with Crippen LogP contribution in [0.5, 0.6) is 0 Å². The number of morpholine rings is 1. The third-order valence-electron chi connectivity index (χ3n) is 4.83. The van der Waals surface area contributed by atoms with Gasteiger partial charge in [-0.1, -0.05) is 24.3 Å². The zero-order valence-corrected chi connectivity index (χ0v) is 16.2. The van der Waals surface area contributed by atoms with Gasteiger partial charge in [0.25, 0.3) is 0 Å². The molecule has 1 heterocycles. The molecule has 1 atom stereocenters. The molecule has 2 aromatic rings. The van der Waals surface area contributed by atoms with E-state index in [9.17, 15) is 22.4 Å². The van der Waals surface area contributed by atoms with Gasteiger partial charge >= 0.3 is 6.18 Å². The lowest BCUT2D eigenvalue weighted by molar-refractivity contribution is -0.137. The van der Waals surface area contributed by atoms with E-state index in [4.69, 9.17) is 4.74 Å². The summed E-state index contributed by atoms with van der Waals surface area (Å²) in [5, 5.41) is 2.76. The van der Waals surface area contributed by atoms with E-state index in [0.29, 0.717) is 26.3 Å². The molecule has 160 valence electrons. The highest BCUT2D eigenvalue weighted by molar-refractivity contribution is 5.91. The van der Waals surface area contributed by atoms with Gasteiger partial charge in [-0.15, -0.1) is 0 Å². The zero-order valence-electron chi connectivity index (χ0n) is 16.2. The van der Waals surface area contributed by atoms with Crippen LogP contribution in [-0.2, 0) is 15.7 Å². The van der Waals surface area contributed by atoms with Crippen LogP contribution < -0.4 is 5.32 Å². The number of hydrogen-bond acceptors (Lipinski definition) is 3. The molecule has 1 aliphatic heterocycles. The highest BCUT2D eigenvalue weighted by atomic mass is 19.4. The van der Waals surface area contributed by atoms with Gasteiger partial charge in [-0.05, 0) is 41.5 Å². The summed E-state index contributed by atoms with van der Waals surface area (Å²) in [6.07, 6.45) is -1.92. The van der Waals surface area contributed by atoms with Gasteiger partial charge in [-0.25, -0.2) is 4.39 Å². The van der Waals surface area contributed by atoms with Crippen LogP contribution in [0.1, 0.15) is 22.7 Å². The number of benzene rings is 2. The molecule has 0 radical (unpaired) electrons. The van der Waals surface area contributed by atoms with Crippen LogP contribution in [0.2, 0.25) is 0 Å². The lowest BCUT2D eigenvalue weighted by atomic mass is 10.0. The minimum absolute atomic E-state index is 0.231. The Hall–Kier alpha value is -2.71. The van der Waals surface area contributed by atoms with Crippen molar-refractivity contribution in [2.75, 3.05) is 32.8 Å². The first kappa shape index (κ1) is 22.0. The fourth-order valence-corrected chi connectivity index (χ4v) is 3.31. The number of alkyl halides is 3. The minimum atomic E-state index is -4.44. The summed E-state index contributed by atoms with van der Waals surface area (Å²) >= 11 is 0. The van der Waals surface area contributed by atoms with Gasteiger partial charge in [-0.3, -0.25) is 9.69 Å². The van der Waals surface area contributed by atoms with Crippen molar-refractivity contribution in [1.29, 1.82) is 0 Å². The van der Waals surface area contributed by atoms with Crippen LogP contribution in [-0.4, -0.2) is 43.7 Å². The van der Waals surface area contributed by atoms with E-state index in [2.05, 4.69) is 10.2 Å². The monoisotopic (exact) mass is 422 g/mol. The van der Waals surface area contributed by atoms with E-state index in [0.717, 1.165) is 17.7 Å². The lowest BCUT2D eigenvalue weighted by Crippen LogP contribution is -2.43. The van der Waals surface area contributed by atoms with Crippen LogP contribution in [0.25, 0.3) is 6.08 Å². The van der Waals surface area contributed by atoms with Crippen LogP contribution >= 0.6 is 0 Å². The van der Waals surface area contributed by atoms with Crippen molar-refractivity contribution in [2.24, 2.45) is 0 Å². The van der Waals surface area contributed by atoms with Crippen molar-refractivity contribution in [1.82, 2.24) is 10.2 Å². The first-order chi connectivity index (χ1) is 14.3. The van der Waals surface area contributed by atoms with E-state index >= 15 is 0 Å². The Morgan fingerprint density at radius 3 is 2.57 bits per heavy atom. The molecule has 8 heteroatoms. The molecule has 1 aliphatic rings. The molecule has 1 fully saturated rings. The SMILES string of the molecule is O=C(/C=C/c1cccc(C(F)(F)F)c1)NCC(c1cccc(F)c1)N1CCOCC1. The average Bonchev–Trinajstić information content (AvgIpc) is 2.73. The Kier molecular flexibility index (Phi) is 7.23. The van der Waals surface area contributed by atoms with Gasteiger partial charge in [0.15, 0.2) is 0 Å². The third kappa shape index (κ3) is 6.14. The number of rotatable bonds is 6. The predicted octanol–water partition coefficient (Wildman–Crippen LogP) is 4.05. The maximum absolute atomic E-state index is 13.7. The number of halogens is 4. The number of nitrogens with zero attached hydrogens (tertiary/aromatic N) is 1. The van der Waals surface area contributed by atoms with Crippen LogP contribution in [0.3, 0.4) is 0 Å². The normalized spacial score (nSPS) is 16.5. The van der Waals surface area contributed by atoms with Gasteiger partial charge in [0, 0.05) is 25.7 Å². The summed E-state index contributed by atoms with van der Waals surface area (Å²) in [5.41, 5.74) is 0.234. The second kappa shape index (κ2) is 9.86. The van der Waals surface area contributed by atoms with Crippen molar-refractivity contribution in [3.05, 3.63) is 77.1 Å². The summed E-state index contributed by atoms with van der Waals surface area (Å²) < 4.78 is 57.5. The average molecular weight is 422 g/mol. The molecule has 0 bridgehead atoms. The van der Waals surface area contributed by atoms with Gasteiger partial charge in [-0.2, -0.15) is 13.2 Å². The van der Waals surface area contributed by atoms with Gasteiger partial charge in [0.2, 0.25) is 5.91 Å². The van der Waals surface area contributed by atoms with Crippen LogP contribution in [0.4, 0.5) is 17.6 Å². The molecule has 30 heavy (non-hydrogen) atoms. The number of amides is 1. The summed E-state index contributed by atoms with van der Waals surface area (Å²) in [7, 11) is 0. The number of carbonyl (C=O) groups is 1. The topological polar surface area (TPSA) is 41.6 Å². The Labute approximate surface area is 172 Å². The summed E-state index contributed by atoms with van der Waals surface area (Å²) in [6, 6.07) is 10.7. The number of ether oxygens (including phenoxy) is 1. The molecule has 1 N–H and O–H groups in total. The van der Waals surface area contributed by atoms with Crippen LogP contribution in [0.15, 0.2) is 54.6 Å². The van der Waals surface area contributed by atoms with Crippen molar-refractivity contribution in [3.8, 4) is 0 Å². The van der Waals surface area contributed by atoms with E-state index in [1.165, 1.54) is 36.4 Å². The fourth-order valence-electron chi connectivity index (χ4n) is 3.31. The van der Waals surface area contributed by atoms with E-state index < -0.39 is 17.6 Å². The number of nitrogens with one attached hydrogen (secondary N) is 1. The quantitative estimate of drug-likeness (QED) is 0.564. The molecule has 0 spiro atoms. The smallest absolute Gasteiger partial charge is 0.379 e. The van der Waals surface area contributed by atoms with E-state index in [-0.39, 0.29) is 24.0 Å². The molecule has 3 rings (SSSR count). The maximum Gasteiger partial charge on any atom is 0.416 e. The minimum Gasteiger partial charge on any atom is -0.379 e. The Morgan fingerprint density at radius 1 is 1.13 bits per heavy atom. The Morgan fingerprint density at radius 2 is 1.87 bits per heavy atom. The zero-order chi connectivity index (χ0) is 21.6. The molecule has 4 nitrogen and oxygen atoms in total. The Balaban J connectivity index is 1.66. The molecule has 1 saturated heterocycles. The molecule has 0 aromatic heterocycles. The van der Waals surface area contributed by atoms with Crippen LogP contribution in [0, 0.1) is 5.82 Å². The van der Waals surface area contributed by atoms with E-state index in [1.54, 1.807) is 12.1 Å². The molecular weight excluding hydrogens is 400 g/mol. The lowest BCUT2D eigenvalue weighted by Gasteiger charge is -2.34. The molecule has 1 amide bonds. The van der Waals surface area contributed by atoms with Crippen molar-refractivity contribution >= 4 is 12.0 Å². The summed E-state index contributed by atoms with van der Waals surface area (Å²) in [4.78, 5) is 14.4. The second-order valence-corrected chi connectivity index (χ2v) is 6.92. The molecule has 1 unspecified atom stereocenters. The standard InChI is InChI=1S/C22H22F4N2O2/c23-19-6-2-4-17(14-19)20(28-9-11-30-12-10-28)15-27-21(29)8-7-16-3-1-5-18(13-16)22(24,25)26/h1-8,13-14,20H,9-12,15H2,(H,27,29)/b8-7+. The molecule has 0 saturated carbocycles. The maximum atomic E-state index is 13.7. The Bertz CT molecular complexity index is 893. The van der Waals surface area contributed by atoms with E-state index in [1.807, 2.05) is 0 Å². The van der Waals surface area contributed by atoms with Gasteiger partial charge in [0.05, 0.1) is 24.8 Å². The van der Waals surface area contributed by atoms with Crippen molar-refractivity contribution < 1.29 is 27.1 Å². The fraction of sp³-hybridized carbons (Fsp3) is 0.318. The summed E-state index contributed by atoms with van der Waals surface area (Å²) in [5.74, 6) is -0.802. The second-order valence-electron chi connectivity index (χ2n) is 6.92. The highest BCUT2D eigenvalue weighted by Gasteiger charge is 2.30.